The Bertz CT molecular complexity index is 1440. The standard InChI is InChI=1S/C26H27FN6O2/c1-2-14-11-23(34)18(27)12-17(14)15-5-6-16-21(10-15)31-32-24(16)25-29-19-7-9-33(13-22(19)30-25)26(35)20-4-3-8-28-20/h5-6,10-12,20,28,34H,2-4,7-9,13H2,1H3,(H,29,30)(H,31,32). The molecular weight excluding hydrogens is 447 g/mol. The number of amides is 1. The summed E-state index contributed by atoms with van der Waals surface area (Å²) in [6.07, 6.45) is 3.32. The van der Waals surface area contributed by atoms with Crippen LogP contribution in [-0.2, 0) is 24.2 Å². The fraction of sp³-hybridized carbons (Fsp3) is 0.346. The maximum atomic E-state index is 14.1. The number of phenols is 1. The lowest BCUT2D eigenvalue weighted by Gasteiger charge is -2.28. The maximum absolute atomic E-state index is 14.1. The van der Waals surface area contributed by atoms with Gasteiger partial charge in [0.25, 0.3) is 0 Å². The van der Waals surface area contributed by atoms with Crippen LogP contribution in [0.2, 0.25) is 0 Å². The van der Waals surface area contributed by atoms with E-state index < -0.39 is 5.82 Å². The molecular formula is C26H27FN6O2. The number of hydrogen-bond acceptors (Lipinski definition) is 5. The first-order valence-electron chi connectivity index (χ1n) is 12.1. The first-order valence-corrected chi connectivity index (χ1v) is 12.1. The molecule has 35 heavy (non-hydrogen) atoms. The van der Waals surface area contributed by atoms with Gasteiger partial charge in [0.2, 0.25) is 5.91 Å². The van der Waals surface area contributed by atoms with Gasteiger partial charge in [0, 0.05) is 18.4 Å². The number of imidazole rings is 1. The van der Waals surface area contributed by atoms with Crippen LogP contribution >= 0.6 is 0 Å². The van der Waals surface area contributed by atoms with Crippen LogP contribution in [0, 0.1) is 5.82 Å². The van der Waals surface area contributed by atoms with E-state index in [1.54, 1.807) is 0 Å². The molecule has 4 aromatic rings. The highest BCUT2D eigenvalue weighted by Gasteiger charge is 2.30. The molecule has 2 aromatic heterocycles. The zero-order valence-corrected chi connectivity index (χ0v) is 19.5. The predicted molar refractivity (Wildman–Crippen MR) is 130 cm³/mol. The third kappa shape index (κ3) is 3.76. The van der Waals surface area contributed by atoms with Gasteiger partial charge in [-0.3, -0.25) is 9.89 Å². The number of benzene rings is 2. The SMILES string of the molecule is CCc1cc(O)c(F)cc1-c1ccc2c(-c3nc4c([nH]3)CN(C(=O)C3CCCN3)CC4)n[nH]c2c1. The van der Waals surface area contributed by atoms with Crippen LogP contribution in [0.3, 0.4) is 0 Å². The molecule has 0 radical (unpaired) electrons. The summed E-state index contributed by atoms with van der Waals surface area (Å²) >= 11 is 0. The fourth-order valence-corrected chi connectivity index (χ4v) is 5.24. The molecule has 1 fully saturated rings. The van der Waals surface area contributed by atoms with E-state index in [0.717, 1.165) is 58.4 Å². The van der Waals surface area contributed by atoms with Crippen molar-refractivity contribution in [1.29, 1.82) is 0 Å². The zero-order chi connectivity index (χ0) is 24.1. The molecule has 8 nitrogen and oxygen atoms in total. The van der Waals surface area contributed by atoms with Crippen molar-refractivity contribution in [3.63, 3.8) is 0 Å². The number of hydrogen-bond donors (Lipinski definition) is 4. The van der Waals surface area contributed by atoms with Crippen LogP contribution in [0.4, 0.5) is 4.39 Å². The van der Waals surface area contributed by atoms with Crippen molar-refractivity contribution >= 4 is 16.8 Å². The molecule has 4 heterocycles. The van der Waals surface area contributed by atoms with Gasteiger partial charge in [-0.05, 0) is 66.8 Å². The topological polar surface area (TPSA) is 110 Å². The number of aromatic nitrogens is 4. The second-order valence-electron chi connectivity index (χ2n) is 9.32. The number of carbonyl (C=O) groups is 1. The van der Waals surface area contributed by atoms with Crippen molar-refractivity contribution in [2.75, 3.05) is 13.1 Å². The number of aromatic amines is 2. The summed E-state index contributed by atoms with van der Waals surface area (Å²) in [5.41, 5.74) is 5.91. The van der Waals surface area contributed by atoms with Crippen LogP contribution < -0.4 is 5.32 Å². The van der Waals surface area contributed by atoms with E-state index >= 15 is 0 Å². The number of nitrogens with zero attached hydrogens (tertiary/aromatic N) is 3. The van der Waals surface area contributed by atoms with Gasteiger partial charge in [-0.15, -0.1) is 0 Å². The molecule has 1 atom stereocenters. The van der Waals surface area contributed by atoms with Crippen molar-refractivity contribution in [2.45, 2.75) is 45.2 Å². The molecule has 2 aromatic carbocycles. The fourth-order valence-electron chi connectivity index (χ4n) is 5.24. The number of halogens is 1. The lowest BCUT2D eigenvalue weighted by Crippen LogP contribution is -2.45. The van der Waals surface area contributed by atoms with E-state index in [1.807, 2.05) is 30.0 Å². The molecule has 6 rings (SSSR count). The van der Waals surface area contributed by atoms with E-state index in [2.05, 4.69) is 20.5 Å². The monoisotopic (exact) mass is 474 g/mol. The van der Waals surface area contributed by atoms with Crippen molar-refractivity contribution in [1.82, 2.24) is 30.4 Å². The van der Waals surface area contributed by atoms with Gasteiger partial charge in [-0.25, -0.2) is 9.37 Å². The summed E-state index contributed by atoms with van der Waals surface area (Å²) < 4.78 is 14.1. The summed E-state index contributed by atoms with van der Waals surface area (Å²) in [6.45, 7) is 4.07. The Morgan fingerprint density at radius 3 is 2.97 bits per heavy atom. The normalized spacial score (nSPS) is 17.8. The number of nitrogens with one attached hydrogen (secondary N) is 3. The smallest absolute Gasteiger partial charge is 0.240 e. The molecule has 0 aliphatic carbocycles. The molecule has 1 unspecified atom stereocenters. The van der Waals surface area contributed by atoms with Crippen LogP contribution in [0.1, 0.15) is 36.7 Å². The highest BCUT2D eigenvalue weighted by atomic mass is 19.1. The quantitative estimate of drug-likeness (QED) is 0.361. The average Bonchev–Trinajstić information content (AvgIpc) is 3.63. The van der Waals surface area contributed by atoms with Gasteiger partial charge >= 0.3 is 0 Å². The minimum Gasteiger partial charge on any atom is -0.505 e. The Balaban J connectivity index is 1.30. The Hall–Kier alpha value is -3.72. The predicted octanol–water partition coefficient (Wildman–Crippen LogP) is 3.66. The van der Waals surface area contributed by atoms with E-state index in [0.29, 0.717) is 37.4 Å². The maximum Gasteiger partial charge on any atom is 0.240 e. The van der Waals surface area contributed by atoms with E-state index in [4.69, 9.17) is 4.98 Å². The molecule has 2 aliphatic heterocycles. The van der Waals surface area contributed by atoms with E-state index in [1.165, 1.54) is 12.1 Å². The van der Waals surface area contributed by atoms with Gasteiger partial charge in [-0.2, -0.15) is 5.10 Å². The summed E-state index contributed by atoms with van der Waals surface area (Å²) in [6, 6.07) is 8.62. The average molecular weight is 475 g/mol. The number of fused-ring (bicyclic) bond motifs is 2. The molecule has 4 N–H and O–H groups in total. The molecule has 0 bridgehead atoms. The summed E-state index contributed by atoms with van der Waals surface area (Å²) in [7, 11) is 0. The van der Waals surface area contributed by atoms with Gasteiger partial charge in [0.1, 0.15) is 5.69 Å². The number of rotatable bonds is 4. The van der Waals surface area contributed by atoms with E-state index in [-0.39, 0.29) is 17.7 Å². The van der Waals surface area contributed by atoms with Crippen LogP contribution in [0.25, 0.3) is 33.5 Å². The van der Waals surface area contributed by atoms with Crippen LogP contribution in [-0.4, -0.2) is 55.2 Å². The highest BCUT2D eigenvalue weighted by molar-refractivity contribution is 5.94. The number of aryl methyl sites for hydroxylation is 1. The largest absolute Gasteiger partial charge is 0.505 e. The minimum atomic E-state index is -0.639. The molecule has 1 saturated heterocycles. The summed E-state index contributed by atoms with van der Waals surface area (Å²) in [5, 5.41) is 21.5. The van der Waals surface area contributed by atoms with Crippen molar-refractivity contribution in [3.05, 3.63) is 53.1 Å². The Morgan fingerprint density at radius 2 is 2.17 bits per heavy atom. The lowest BCUT2D eigenvalue weighted by atomic mass is 9.96. The Morgan fingerprint density at radius 1 is 1.29 bits per heavy atom. The minimum absolute atomic E-state index is 0.0706. The second kappa shape index (κ2) is 8.49. The molecule has 1 amide bonds. The molecule has 0 saturated carbocycles. The third-order valence-electron chi connectivity index (χ3n) is 7.15. The van der Waals surface area contributed by atoms with Crippen LogP contribution in [0.15, 0.2) is 30.3 Å². The van der Waals surface area contributed by atoms with Gasteiger partial charge in [-0.1, -0.05) is 13.0 Å². The van der Waals surface area contributed by atoms with Crippen molar-refractivity contribution < 1.29 is 14.3 Å². The highest BCUT2D eigenvalue weighted by Crippen LogP contribution is 2.34. The summed E-state index contributed by atoms with van der Waals surface area (Å²) in [4.78, 5) is 22.9. The lowest BCUT2D eigenvalue weighted by molar-refractivity contribution is -0.134. The van der Waals surface area contributed by atoms with Crippen molar-refractivity contribution in [3.8, 4) is 28.4 Å². The molecule has 9 heteroatoms. The first kappa shape index (κ1) is 21.8. The zero-order valence-electron chi connectivity index (χ0n) is 19.5. The molecule has 0 spiro atoms. The summed E-state index contributed by atoms with van der Waals surface area (Å²) in [5.74, 6) is -0.136. The Labute approximate surface area is 201 Å². The first-order chi connectivity index (χ1) is 17.0. The second-order valence-corrected chi connectivity index (χ2v) is 9.32. The van der Waals surface area contributed by atoms with Gasteiger partial charge < -0.3 is 20.3 Å². The molecule has 180 valence electrons. The number of carbonyl (C=O) groups excluding carboxylic acids is 1. The van der Waals surface area contributed by atoms with Gasteiger partial charge in [0.15, 0.2) is 17.4 Å². The Kier molecular flexibility index (Phi) is 5.29. The number of aromatic hydroxyl groups is 1. The van der Waals surface area contributed by atoms with Gasteiger partial charge in [0.05, 0.1) is 29.5 Å². The van der Waals surface area contributed by atoms with Crippen molar-refractivity contribution in [2.24, 2.45) is 0 Å². The molecule has 2 aliphatic rings. The number of phenolic OH excluding ortho intramolecular Hbond substituents is 1. The van der Waals surface area contributed by atoms with E-state index in [9.17, 15) is 14.3 Å². The third-order valence-corrected chi connectivity index (χ3v) is 7.15. The number of H-pyrrole nitrogens is 2. The van der Waals surface area contributed by atoms with Crippen LogP contribution in [0.5, 0.6) is 5.75 Å².